The number of allylic oxidation sites excluding steroid dienone is 1. The summed E-state index contributed by atoms with van der Waals surface area (Å²) in [5.74, 6) is -1.25. The fourth-order valence-corrected chi connectivity index (χ4v) is 5.97. The molecule has 1 aliphatic rings. The second-order valence-electron chi connectivity index (χ2n) is 8.67. The summed E-state index contributed by atoms with van der Waals surface area (Å²) < 4.78 is 28.9. The lowest BCUT2D eigenvalue weighted by molar-refractivity contribution is -0.384. The molecule has 0 unspecified atom stereocenters. The first-order valence-electron chi connectivity index (χ1n) is 11.8. The Hall–Kier alpha value is -5.09. The third-order valence-electron chi connectivity index (χ3n) is 6.21. The first kappa shape index (κ1) is 25.6. The zero-order valence-corrected chi connectivity index (χ0v) is 21.2. The first-order chi connectivity index (χ1) is 18.8. The molecule has 0 atom stereocenters. The van der Waals surface area contributed by atoms with E-state index in [1.54, 1.807) is 72.8 Å². The van der Waals surface area contributed by atoms with Crippen molar-refractivity contribution in [3.63, 3.8) is 0 Å². The summed E-state index contributed by atoms with van der Waals surface area (Å²) in [7, 11) is -4.20. The number of sulfonamides is 1. The van der Waals surface area contributed by atoms with Crippen LogP contribution in [0.25, 0.3) is 5.70 Å². The highest BCUT2D eigenvalue weighted by Crippen LogP contribution is 2.38. The molecule has 4 aromatic carbocycles. The van der Waals surface area contributed by atoms with Crippen molar-refractivity contribution >= 4 is 33.1 Å². The summed E-state index contributed by atoms with van der Waals surface area (Å²) in [5.41, 5.74) is 0.764. The normalized spacial score (nSPS) is 13.9. The Labute approximate surface area is 224 Å². The van der Waals surface area contributed by atoms with Crippen LogP contribution in [0.5, 0.6) is 0 Å². The molecule has 1 aliphatic heterocycles. The van der Waals surface area contributed by atoms with Crippen LogP contribution < -0.4 is 5.32 Å². The maximum Gasteiger partial charge on any atom is 0.269 e. The topological polar surface area (TPSA) is 127 Å². The maximum absolute atomic E-state index is 14.0. The van der Waals surface area contributed by atoms with Crippen molar-refractivity contribution in [2.45, 2.75) is 11.4 Å². The van der Waals surface area contributed by atoms with Gasteiger partial charge in [0.15, 0.2) is 0 Å². The minimum absolute atomic E-state index is 0.0218. The number of nitrogens with one attached hydrogen (secondary N) is 1. The van der Waals surface area contributed by atoms with Gasteiger partial charge in [-0.1, -0.05) is 78.9 Å². The molecule has 10 heteroatoms. The summed E-state index contributed by atoms with van der Waals surface area (Å²) >= 11 is 0. The number of carbonyl (C=O) groups excluding carboxylic acids is 2. The van der Waals surface area contributed by atoms with Gasteiger partial charge in [-0.3, -0.25) is 24.0 Å². The van der Waals surface area contributed by atoms with Gasteiger partial charge < -0.3 is 5.32 Å². The van der Waals surface area contributed by atoms with Crippen molar-refractivity contribution in [2.24, 2.45) is 0 Å². The fourth-order valence-electron chi connectivity index (χ4n) is 4.30. The molecule has 0 aromatic heterocycles. The van der Waals surface area contributed by atoms with E-state index < -0.39 is 26.6 Å². The number of non-ortho nitro benzene ring substituents is 1. The Kier molecular flexibility index (Phi) is 6.78. The number of ketones is 1. The van der Waals surface area contributed by atoms with Crippen LogP contribution in [0.4, 0.5) is 5.69 Å². The number of nitrogens with zero attached hydrogens (tertiary/aromatic N) is 2. The predicted octanol–water partition coefficient (Wildman–Crippen LogP) is 4.78. The van der Waals surface area contributed by atoms with Crippen LogP contribution >= 0.6 is 0 Å². The molecule has 0 fully saturated rings. The van der Waals surface area contributed by atoms with Gasteiger partial charge >= 0.3 is 0 Å². The second-order valence-corrected chi connectivity index (χ2v) is 10.5. The Morgan fingerprint density at radius 2 is 1.36 bits per heavy atom. The number of amides is 1. The zero-order valence-electron chi connectivity index (χ0n) is 20.4. The SMILES string of the molecule is O=C(NC1=C(C(=O)c2ccccc2)N(Cc2ccccc2)S(=O)(=O)c2ccccc21)c1ccc([N+](=O)[O-])cc1. The molecule has 0 spiro atoms. The lowest BCUT2D eigenvalue weighted by Gasteiger charge is -2.34. The average Bonchev–Trinajstić information content (AvgIpc) is 2.96. The largest absolute Gasteiger partial charge is 0.319 e. The number of hydrogen-bond donors (Lipinski definition) is 1. The Morgan fingerprint density at radius 3 is 2.00 bits per heavy atom. The minimum Gasteiger partial charge on any atom is -0.319 e. The summed E-state index contributed by atoms with van der Waals surface area (Å²) in [6.45, 7) is -0.150. The maximum atomic E-state index is 14.0. The quantitative estimate of drug-likeness (QED) is 0.205. The van der Waals surface area contributed by atoms with Gasteiger partial charge in [0.05, 0.1) is 22.1 Å². The molecule has 5 rings (SSSR count). The molecule has 0 radical (unpaired) electrons. The molecule has 0 bridgehead atoms. The molecule has 194 valence electrons. The smallest absolute Gasteiger partial charge is 0.269 e. The number of Topliss-reactive ketones (excluding diaryl/α,β-unsaturated/α-hetero) is 1. The van der Waals surface area contributed by atoms with E-state index >= 15 is 0 Å². The zero-order chi connectivity index (χ0) is 27.6. The van der Waals surface area contributed by atoms with E-state index in [1.807, 2.05) is 0 Å². The highest BCUT2D eigenvalue weighted by Gasteiger charge is 2.40. The number of carbonyl (C=O) groups is 2. The number of nitro benzene ring substituents is 1. The summed E-state index contributed by atoms with van der Waals surface area (Å²) in [6.07, 6.45) is 0. The number of nitro groups is 1. The molecule has 9 nitrogen and oxygen atoms in total. The van der Waals surface area contributed by atoms with Crippen LogP contribution in [0.15, 0.2) is 120 Å². The molecular formula is C29H21N3O6S. The highest BCUT2D eigenvalue weighted by atomic mass is 32.2. The lowest BCUT2D eigenvalue weighted by atomic mass is 10.0. The molecule has 39 heavy (non-hydrogen) atoms. The molecule has 0 saturated heterocycles. The fraction of sp³-hybridized carbons (Fsp3) is 0.0345. The van der Waals surface area contributed by atoms with Crippen LogP contribution in [0.1, 0.15) is 31.8 Å². The Balaban J connectivity index is 1.71. The summed E-state index contributed by atoms with van der Waals surface area (Å²) in [4.78, 5) is 37.7. The standard InChI is InChI=1S/C29H21N3O6S/c33-28(21-11-5-2-6-12-21)27-26(30-29(34)22-15-17-23(18-16-22)32(35)36)24-13-7-8-14-25(24)39(37,38)31(27)19-20-9-3-1-4-10-20/h1-18H,19H2,(H,30,34). The van der Waals surface area contributed by atoms with Crippen molar-refractivity contribution in [1.82, 2.24) is 9.62 Å². The van der Waals surface area contributed by atoms with Crippen LogP contribution in [0, 0.1) is 10.1 Å². The average molecular weight is 540 g/mol. The van der Waals surface area contributed by atoms with Gasteiger partial charge in [-0.2, -0.15) is 0 Å². The van der Waals surface area contributed by atoms with Crippen molar-refractivity contribution < 1.29 is 22.9 Å². The van der Waals surface area contributed by atoms with Crippen molar-refractivity contribution in [2.75, 3.05) is 0 Å². The van der Waals surface area contributed by atoms with Crippen molar-refractivity contribution in [3.8, 4) is 0 Å². The first-order valence-corrected chi connectivity index (χ1v) is 13.3. The predicted molar refractivity (Wildman–Crippen MR) is 144 cm³/mol. The van der Waals surface area contributed by atoms with Gasteiger partial charge in [-0.25, -0.2) is 8.42 Å². The molecule has 4 aromatic rings. The van der Waals surface area contributed by atoms with E-state index in [9.17, 15) is 28.1 Å². The molecule has 1 amide bonds. The van der Waals surface area contributed by atoms with E-state index in [0.29, 0.717) is 5.56 Å². The van der Waals surface area contributed by atoms with Crippen LogP contribution in [0.2, 0.25) is 0 Å². The van der Waals surface area contributed by atoms with E-state index in [1.165, 1.54) is 36.4 Å². The number of fused-ring (bicyclic) bond motifs is 1. The molecular weight excluding hydrogens is 518 g/mol. The number of benzene rings is 4. The molecule has 1 N–H and O–H groups in total. The van der Waals surface area contributed by atoms with Gasteiger partial charge in [0, 0.05) is 28.8 Å². The summed E-state index contributed by atoms with van der Waals surface area (Å²) in [5, 5.41) is 13.8. The van der Waals surface area contributed by atoms with E-state index in [-0.39, 0.29) is 45.2 Å². The monoisotopic (exact) mass is 539 g/mol. The van der Waals surface area contributed by atoms with Gasteiger partial charge in [-0.05, 0) is 23.8 Å². The Bertz CT molecular complexity index is 1720. The van der Waals surface area contributed by atoms with Gasteiger partial charge in [-0.15, -0.1) is 0 Å². The Morgan fingerprint density at radius 1 is 0.769 bits per heavy atom. The minimum atomic E-state index is -4.20. The third kappa shape index (κ3) is 4.92. The molecule has 0 aliphatic carbocycles. The van der Waals surface area contributed by atoms with Crippen LogP contribution in [-0.4, -0.2) is 29.3 Å². The van der Waals surface area contributed by atoms with E-state index in [0.717, 1.165) is 4.31 Å². The summed E-state index contributed by atoms with van der Waals surface area (Å²) in [6, 6.07) is 28.1. The van der Waals surface area contributed by atoms with Crippen LogP contribution in [-0.2, 0) is 16.6 Å². The van der Waals surface area contributed by atoms with E-state index in [2.05, 4.69) is 5.32 Å². The van der Waals surface area contributed by atoms with Crippen LogP contribution in [0.3, 0.4) is 0 Å². The third-order valence-corrected chi connectivity index (χ3v) is 8.01. The lowest BCUT2D eigenvalue weighted by Crippen LogP contribution is -2.41. The molecule has 1 heterocycles. The van der Waals surface area contributed by atoms with Gasteiger partial charge in [0.1, 0.15) is 5.70 Å². The molecule has 0 saturated carbocycles. The van der Waals surface area contributed by atoms with E-state index in [4.69, 9.17) is 0 Å². The van der Waals surface area contributed by atoms with Crippen molar-refractivity contribution in [1.29, 1.82) is 0 Å². The van der Waals surface area contributed by atoms with Crippen molar-refractivity contribution in [3.05, 3.63) is 147 Å². The number of hydrogen-bond acceptors (Lipinski definition) is 6. The van der Waals surface area contributed by atoms with Gasteiger partial charge in [0.2, 0.25) is 5.78 Å². The second kappa shape index (κ2) is 10.3. The van der Waals surface area contributed by atoms with Gasteiger partial charge in [0.25, 0.3) is 21.6 Å². The highest BCUT2D eigenvalue weighted by molar-refractivity contribution is 7.89. The number of rotatable bonds is 7.